The first kappa shape index (κ1) is 9.14. The topological polar surface area (TPSA) is 78.6 Å². The second-order valence-corrected chi connectivity index (χ2v) is 4.27. The van der Waals surface area contributed by atoms with Crippen molar-refractivity contribution >= 4 is 16.1 Å². The first-order valence-electron chi connectivity index (χ1n) is 3.94. The molecule has 76 valence electrons. The fourth-order valence-electron chi connectivity index (χ4n) is 1.32. The van der Waals surface area contributed by atoms with E-state index in [1.807, 2.05) is 0 Å². The average Bonchev–Trinajstić information content (AvgIpc) is 2.06. The summed E-state index contributed by atoms with van der Waals surface area (Å²) in [5.74, 6) is 0.501. The van der Waals surface area contributed by atoms with Gasteiger partial charge in [-0.1, -0.05) is 0 Å². The molecule has 0 amide bonds. The Hall–Kier alpha value is -1.43. The van der Waals surface area contributed by atoms with Gasteiger partial charge in [0, 0.05) is 22.9 Å². The highest BCUT2D eigenvalue weighted by molar-refractivity contribution is 7.82. The van der Waals surface area contributed by atoms with Crippen LogP contribution >= 0.6 is 0 Å². The van der Waals surface area contributed by atoms with Crippen LogP contribution in [0.25, 0.3) is 0 Å². The van der Waals surface area contributed by atoms with Crippen LogP contribution in [-0.4, -0.2) is 8.42 Å². The molecule has 1 aliphatic heterocycles. The summed E-state index contributed by atoms with van der Waals surface area (Å²) < 4.78 is 31.5. The summed E-state index contributed by atoms with van der Waals surface area (Å²) in [6, 6.07) is 1.48. The second kappa shape index (κ2) is 2.54. The third-order valence-electron chi connectivity index (χ3n) is 2.15. The van der Waals surface area contributed by atoms with Crippen LogP contribution in [0, 0.1) is 13.8 Å². The van der Waals surface area contributed by atoms with Crippen LogP contribution in [-0.2, 0) is 10.4 Å². The van der Waals surface area contributed by atoms with Crippen molar-refractivity contribution in [3.8, 4) is 11.5 Å². The third-order valence-corrected chi connectivity index (χ3v) is 2.90. The second-order valence-electron chi connectivity index (χ2n) is 3.12. The molecule has 5 nitrogen and oxygen atoms in total. The van der Waals surface area contributed by atoms with Gasteiger partial charge in [-0.2, -0.15) is 0 Å². The maximum atomic E-state index is 11.1. The molecular formula is C8H9NO4S. The Balaban J connectivity index is 2.76. The Labute approximate surface area is 81.8 Å². The van der Waals surface area contributed by atoms with Crippen molar-refractivity contribution in [2.75, 3.05) is 5.73 Å². The van der Waals surface area contributed by atoms with Gasteiger partial charge in [-0.05, 0) is 13.8 Å². The number of anilines is 1. The van der Waals surface area contributed by atoms with Crippen molar-refractivity contribution in [3.05, 3.63) is 17.2 Å². The molecule has 0 aliphatic carbocycles. The van der Waals surface area contributed by atoms with Gasteiger partial charge >= 0.3 is 10.4 Å². The minimum atomic E-state index is -3.95. The van der Waals surface area contributed by atoms with E-state index in [0.29, 0.717) is 16.8 Å². The van der Waals surface area contributed by atoms with E-state index in [0.717, 1.165) is 0 Å². The van der Waals surface area contributed by atoms with Crippen LogP contribution in [0.3, 0.4) is 0 Å². The lowest BCUT2D eigenvalue weighted by molar-refractivity contribution is 0.373. The van der Waals surface area contributed by atoms with Gasteiger partial charge in [-0.25, -0.2) is 0 Å². The Bertz CT molecular complexity index is 500. The number of nitrogens with two attached hydrogens (primary N) is 1. The number of benzene rings is 1. The van der Waals surface area contributed by atoms with Crippen molar-refractivity contribution in [3.63, 3.8) is 0 Å². The first-order chi connectivity index (χ1) is 6.41. The van der Waals surface area contributed by atoms with Crippen molar-refractivity contribution < 1.29 is 16.8 Å². The molecule has 14 heavy (non-hydrogen) atoms. The molecule has 2 rings (SSSR count). The van der Waals surface area contributed by atoms with Gasteiger partial charge in [-0.15, -0.1) is 8.42 Å². The molecule has 0 saturated heterocycles. The van der Waals surface area contributed by atoms with Crippen LogP contribution < -0.4 is 14.1 Å². The largest absolute Gasteiger partial charge is 0.501 e. The lowest BCUT2D eigenvalue weighted by Crippen LogP contribution is -2.22. The van der Waals surface area contributed by atoms with E-state index in [1.165, 1.54) is 6.07 Å². The number of rotatable bonds is 0. The number of hydrogen-bond acceptors (Lipinski definition) is 5. The quantitative estimate of drug-likeness (QED) is 0.650. The number of fused-ring (bicyclic) bond motifs is 2. The zero-order chi connectivity index (χ0) is 10.5. The lowest BCUT2D eigenvalue weighted by atomic mass is 10.1. The Morgan fingerprint density at radius 2 is 1.86 bits per heavy atom. The van der Waals surface area contributed by atoms with Crippen molar-refractivity contribution in [1.82, 2.24) is 0 Å². The molecule has 0 atom stereocenters. The lowest BCUT2D eigenvalue weighted by Gasteiger charge is -2.21. The van der Waals surface area contributed by atoms with Crippen LogP contribution in [0.1, 0.15) is 11.1 Å². The molecule has 2 N–H and O–H groups in total. The summed E-state index contributed by atoms with van der Waals surface area (Å²) in [6.07, 6.45) is 0. The molecule has 0 saturated carbocycles. The normalized spacial score (nSPS) is 17.0. The van der Waals surface area contributed by atoms with Gasteiger partial charge in [0.2, 0.25) is 0 Å². The zero-order valence-electron chi connectivity index (χ0n) is 7.70. The van der Waals surface area contributed by atoms with Crippen LogP contribution in [0.2, 0.25) is 0 Å². The molecular weight excluding hydrogens is 206 g/mol. The predicted octanol–water partition coefficient (Wildman–Crippen LogP) is 0.902. The highest BCUT2D eigenvalue weighted by Gasteiger charge is 2.28. The smallest absolute Gasteiger partial charge is 0.398 e. The number of nitrogen functional groups attached to an aromatic ring is 1. The summed E-state index contributed by atoms with van der Waals surface area (Å²) in [5, 5.41) is 0. The molecule has 0 spiro atoms. The fourth-order valence-corrected chi connectivity index (χ4v) is 2.20. The molecule has 1 aromatic carbocycles. The van der Waals surface area contributed by atoms with Crippen molar-refractivity contribution in [1.29, 1.82) is 0 Å². The monoisotopic (exact) mass is 215 g/mol. The van der Waals surface area contributed by atoms with E-state index in [1.54, 1.807) is 13.8 Å². The summed E-state index contributed by atoms with van der Waals surface area (Å²) in [5.41, 5.74) is 7.34. The van der Waals surface area contributed by atoms with Crippen molar-refractivity contribution in [2.24, 2.45) is 0 Å². The molecule has 6 heteroatoms. The molecule has 1 aliphatic rings. The van der Waals surface area contributed by atoms with Gasteiger partial charge in [0.1, 0.15) is 0 Å². The van der Waals surface area contributed by atoms with Crippen molar-refractivity contribution in [2.45, 2.75) is 13.8 Å². The van der Waals surface area contributed by atoms with E-state index in [9.17, 15) is 8.42 Å². The molecule has 0 aromatic heterocycles. The molecule has 0 radical (unpaired) electrons. The van der Waals surface area contributed by atoms with Gasteiger partial charge < -0.3 is 14.1 Å². The van der Waals surface area contributed by atoms with Gasteiger partial charge in [0.15, 0.2) is 11.5 Å². The average molecular weight is 215 g/mol. The third kappa shape index (κ3) is 1.19. The predicted molar refractivity (Wildman–Crippen MR) is 50.5 cm³/mol. The molecule has 0 fully saturated rings. The summed E-state index contributed by atoms with van der Waals surface area (Å²) in [7, 11) is -3.95. The Kier molecular flexibility index (Phi) is 1.66. The van der Waals surface area contributed by atoms with Gasteiger partial charge in [0.05, 0.1) is 0 Å². The molecule has 2 bridgehead atoms. The van der Waals surface area contributed by atoms with E-state index in [2.05, 4.69) is 4.18 Å². The SMILES string of the molecule is Cc1c(N)cc2c(C)c1OS(=O)(=O)O2. The zero-order valence-corrected chi connectivity index (χ0v) is 8.51. The summed E-state index contributed by atoms with van der Waals surface area (Å²) >= 11 is 0. The first-order valence-corrected chi connectivity index (χ1v) is 5.27. The maximum absolute atomic E-state index is 11.1. The highest BCUT2D eigenvalue weighted by Crippen LogP contribution is 2.40. The molecule has 1 aromatic rings. The summed E-state index contributed by atoms with van der Waals surface area (Å²) in [6.45, 7) is 3.41. The van der Waals surface area contributed by atoms with E-state index in [-0.39, 0.29) is 11.5 Å². The van der Waals surface area contributed by atoms with E-state index < -0.39 is 10.4 Å². The van der Waals surface area contributed by atoms with Crippen LogP contribution in [0.5, 0.6) is 11.5 Å². The minimum absolute atomic E-state index is 0.231. The Morgan fingerprint density at radius 3 is 2.50 bits per heavy atom. The number of hydrogen-bond donors (Lipinski definition) is 1. The van der Waals surface area contributed by atoms with E-state index >= 15 is 0 Å². The Morgan fingerprint density at radius 1 is 1.21 bits per heavy atom. The molecule has 0 unspecified atom stereocenters. The highest BCUT2D eigenvalue weighted by atomic mass is 32.3. The standard InChI is InChI=1S/C8H9NO4S/c1-4-6(9)3-7-5(2)8(4)13-14(10,11)12-7/h3H,9H2,1-2H3. The van der Waals surface area contributed by atoms with E-state index in [4.69, 9.17) is 9.92 Å². The summed E-state index contributed by atoms with van der Waals surface area (Å²) in [4.78, 5) is 0. The van der Waals surface area contributed by atoms with Gasteiger partial charge in [-0.3, -0.25) is 0 Å². The maximum Gasteiger partial charge on any atom is 0.501 e. The fraction of sp³-hybridized carbons (Fsp3) is 0.250. The van der Waals surface area contributed by atoms with Crippen LogP contribution in [0.15, 0.2) is 6.07 Å². The molecule has 1 heterocycles. The minimum Gasteiger partial charge on any atom is -0.398 e. The van der Waals surface area contributed by atoms with Crippen LogP contribution in [0.4, 0.5) is 5.69 Å². The van der Waals surface area contributed by atoms with Gasteiger partial charge in [0.25, 0.3) is 0 Å².